The minimum Gasteiger partial charge on any atom is -0.320 e. The van der Waals surface area contributed by atoms with E-state index in [9.17, 15) is 9.59 Å². The van der Waals surface area contributed by atoms with E-state index < -0.39 is 0 Å². The first-order valence-corrected chi connectivity index (χ1v) is 10.9. The van der Waals surface area contributed by atoms with Gasteiger partial charge in [0.15, 0.2) is 11.2 Å². The first-order chi connectivity index (χ1) is 15.0. The lowest BCUT2D eigenvalue weighted by Gasteiger charge is -2.17. The van der Waals surface area contributed by atoms with E-state index in [0.29, 0.717) is 17.7 Å². The highest BCUT2D eigenvalue weighted by Crippen LogP contribution is 2.28. The van der Waals surface area contributed by atoms with Crippen molar-refractivity contribution >= 4 is 11.2 Å². The number of hydrogen-bond acceptors (Lipinski definition) is 3. The summed E-state index contributed by atoms with van der Waals surface area (Å²) in [4.78, 5) is 31.8. The van der Waals surface area contributed by atoms with Gasteiger partial charge in [0.2, 0.25) is 0 Å². The summed E-state index contributed by atoms with van der Waals surface area (Å²) in [7, 11) is 0. The molecular weight excluding hydrogens is 388 g/mol. The third-order valence-corrected chi connectivity index (χ3v) is 6.33. The van der Waals surface area contributed by atoms with E-state index >= 15 is 0 Å². The number of aromatic nitrogens is 4. The molecule has 158 valence electrons. The maximum Gasteiger partial charge on any atom is 0.337 e. The molecule has 0 aliphatic heterocycles. The number of hydrogen-bond donors (Lipinski definition) is 0. The van der Waals surface area contributed by atoms with E-state index in [2.05, 4.69) is 24.0 Å². The predicted octanol–water partition coefficient (Wildman–Crippen LogP) is 4.13. The summed E-state index contributed by atoms with van der Waals surface area (Å²) >= 11 is 0. The summed E-state index contributed by atoms with van der Waals surface area (Å²) in [5.74, 6) is 0. The third-order valence-electron chi connectivity index (χ3n) is 6.33. The van der Waals surface area contributed by atoms with Crippen molar-refractivity contribution in [2.24, 2.45) is 0 Å². The summed E-state index contributed by atoms with van der Waals surface area (Å²) in [6.07, 6.45) is 5.49. The van der Waals surface area contributed by atoms with Gasteiger partial charge in [-0.15, -0.1) is 0 Å². The third kappa shape index (κ3) is 3.32. The van der Waals surface area contributed by atoms with Gasteiger partial charge in [-0.3, -0.25) is 9.36 Å². The Morgan fingerprint density at radius 1 is 1.00 bits per heavy atom. The highest BCUT2D eigenvalue weighted by molar-refractivity contribution is 5.73. The number of fused-ring (bicyclic) bond motifs is 1. The quantitative estimate of drug-likeness (QED) is 0.504. The van der Waals surface area contributed by atoms with Crippen LogP contribution in [0.1, 0.15) is 48.4 Å². The van der Waals surface area contributed by atoms with Crippen LogP contribution in [0.4, 0.5) is 0 Å². The molecule has 1 fully saturated rings. The van der Waals surface area contributed by atoms with Crippen LogP contribution >= 0.6 is 0 Å². The first-order valence-electron chi connectivity index (χ1n) is 10.9. The molecule has 1 aliphatic rings. The monoisotopic (exact) mass is 414 g/mol. The van der Waals surface area contributed by atoms with Crippen LogP contribution in [0, 0.1) is 13.8 Å². The van der Waals surface area contributed by atoms with E-state index in [4.69, 9.17) is 0 Å². The Labute approximate surface area is 180 Å². The molecule has 31 heavy (non-hydrogen) atoms. The lowest BCUT2D eigenvalue weighted by Crippen LogP contribution is -2.42. The molecule has 4 aromatic rings. The molecule has 0 N–H and O–H groups in total. The first kappa shape index (κ1) is 19.5. The van der Waals surface area contributed by atoms with Gasteiger partial charge in [-0.1, -0.05) is 60.9 Å². The van der Waals surface area contributed by atoms with E-state index in [-0.39, 0.29) is 17.3 Å². The molecule has 6 heteroatoms. The van der Waals surface area contributed by atoms with Gasteiger partial charge in [0.25, 0.3) is 5.56 Å². The van der Waals surface area contributed by atoms with E-state index in [1.165, 1.54) is 10.1 Å². The molecule has 1 saturated carbocycles. The smallest absolute Gasteiger partial charge is 0.320 e. The Bertz CT molecular complexity index is 1390. The number of rotatable bonds is 4. The van der Waals surface area contributed by atoms with Gasteiger partial charge >= 0.3 is 5.69 Å². The average Bonchev–Trinajstić information content (AvgIpc) is 3.40. The van der Waals surface area contributed by atoms with Gasteiger partial charge in [0.05, 0.1) is 12.0 Å². The second-order valence-corrected chi connectivity index (χ2v) is 8.55. The van der Waals surface area contributed by atoms with E-state index in [1.54, 1.807) is 10.9 Å². The molecule has 2 heterocycles. The zero-order chi connectivity index (χ0) is 21.5. The van der Waals surface area contributed by atoms with Gasteiger partial charge in [-0.25, -0.2) is 14.3 Å². The zero-order valence-corrected chi connectivity index (χ0v) is 17.9. The van der Waals surface area contributed by atoms with Crippen LogP contribution in [0.15, 0.2) is 64.4 Å². The van der Waals surface area contributed by atoms with Crippen molar-refractivity contribution in [1.82, 2.24) is 18.7 Å². The fraction of sp³-hybridized carbons (Fsp3) is 0.320. The van der Waals surface area contributed by atoms with Gasteiger partial charge in [-0.05, 0) is 43.9 Å². The van der Waals surface area contributed by atoms with E-state index in [1.807, 2.05) is 47.9 Å². The molecule has 0 unspecified atom stereocenters. The number of aryl methyl sites for hydroxylation is 2. The lowest BCUT2D eigenvalue weighted by molar-refractivity contribution is 0.474. The maximum absolute atomic E-state index is 13.6. The molecule has 0 atom stereocenters. The highest BCUT2D eigenvalue weighted by atomic mass is 16.2. The highest BCUT2D eigenvalue weighted by Gasteiger charge is 2.26. The van der Waals surface area contributed by atoms with Crippen molar-refractivity contribution in [2.75, 3.05) is 0 Å². The second-order valence-electron chi connectivity index (χ2n) is 8.55. The minimum absolute atomic E-state index is 0.0537. The average molecular weight is 415 g/mol. The van der Waals surface area contributed by atoms with Crippen molar-refractivity contribution in [2.45, 2.75) is 52.1 Å². The number of imidazole rings is 1. The van der Waals surface area contributed by atoms with Gasteiger partial charge in [-0.2, -0.15) is 0 Å². The number of benzene rings is 2. The van der Waals surface area contributed by atoms with Gasteiger partial charge in [0, 0.05) is 12.6 Å². The zero-order valence-electron chi connectivity index (χ0n) is 17.9. The Morgan fingerprint density at radius 2 is 1.77 bits per heavy atom. The van der Waals surface area contributed by atoms with Crippen molar-refractivity contribution in [3.63, 3.8) is 0 Å². The van der Waals surface area contributed by atoms with Gasteiger partial charge in [0.1, 0.15) is 0 Å². The Balaban J connectivity index is 1.80. The van der Waals surface area contributed by atoms with Crippen LogP contribution in [-0.4, -0.2) is 18.7 Å². The van der Waals surface area contributed by atoms with Crippen LogP contribution in [0.25, 0.3) is 16.9 Å². The van der Waals surface area contributed by atoms with Crippen LogP contribution in [0.3, 0.4) is 0 Å². The second kappa shape index (κ2) is 7.69. The van der Waals surface area contributed by atoms with Crippen LogP contribution < -0.4 is 11.2 Å². The summed E-state index contributed by atoms with van der Waals surface area (Å²) in [6.45, 7) is 4.56. The largest absolute Gasteiger partial charge is 0.337 e. The summed E-state index contributed by atoms with van der Waals surface area (Å²) in [6, 6.07) is 15.9. The molecular formula is C25H26N4O2. The molecule has 0 saturated heterocycles. The minimum atomic E-state index is -0.292. The van der Waals surface area contributed by atoms with Crippen LogP contribution in [-0.2, 0) is 6.54 Å². The molecule has 0 spiro atoms. The molecule has 2 aromatic carbocycles. The Kier molecular flexibility index (Phi) is 4.85. The summed E-state index contributed by atoms with van der Waals surface area (Å²) < 4.78 is 4.99. The van der Waals surface area contributed by atoms with Crippen LogP contribution in [0.5, 0.6) is 0 Å². The van der Waals surface area contributed by atoms with E-state index in [0.717, 1.165) is 42.5 Å². The summed E-state index contributed by atoms with van der Waals surface area (Å²) in [5.41, 5.74) is 4.38. The molecule has 1 aliphatic carbocycles. The predicted molar refractivity (Wildman–Crippen MR) is 122 cm³/mol. The van der Waals surface area contributed by atoms with Crippen molar-refractivity contribution in [3.8, 4) is 5.69 Å². The SMILES string of the molecule is Cc1cccc(Cn2cnc3c2c(=O)n(C2CCCC2)c(=O)n3-c2ccccc2C)c1. The van der Waals surface area contributed by atoms with Crippen molar-refractivity contribution in [3.05, 3.63) is 92.4 Å². The molecule has 5 rings (SSSR count). The molecule has 0 amide bonds. The maximum atomic E-state index is 13.6. The Morgan fingerprint density at radius 3 is 2.52 bits per heavy atom. The summed E-state index contributed by atoms with van der Waals surface area (Å²) in [5, 5.41) is 0. The standard InChI is InChI=1S/C25H26N4O2/c1-17-8-7-10-19(14-17)15-27-16-26-23-22(27)24(30)28(20-11-4-5-12-20)25(31)29(23)21-13-6-3-9-18(21)2/h3,6-10,13-14,16,20H,4-5,11-12,15H2,1-2H3. The lowest BCUT2D eigenvalue weighted by atomic mass is 10.1. The molecule has 6 nitrogen and oxygen atoms in total. The molecule has 0 radical (unpaired) electrons. The van der Waals surface area contributed by atoms with Crippen molar-refractivity contribution in [1.29, 1.82) is 0 Å². The molecule has 0 bridgehead atoms. The molecule has 2 aromatic heterocycles. The number of para-hydroxylation sites is 1. The fourth-order valence-corrected chi connectivity index (χ4v) is 4.80. The van der Waals surface area contributed by atoms with Crippen LogP contribution in [0.2, 0.25) is 0 Å². The topological polar surface area (TPSA) is 61.8 Å². The number of nitrogens with zero attached hydrogens (tertiary/aromatic N) is 4. The fourth-order valence-electron chi connectivity index (χ4n) is 4.80. The normalized spacial score (nSPS) is 14.5. The Hall–Kier alpha value is -3.41. The van der Waals surface area contributed by atoms with Crippen molar-refractivity contribution < 1.29 is 0 Å². The van der Waals surface area contributed by atoms with Gasteiger partial charge < -0.3 is 4.57 Å².